The van der Waals surface area contributed by atoms with E-state index in [1.807, 2.05) is 0 Å². The van der Waals surface area contributed by atoms with E-state index < -0.39 is 6.64 Å². The molecule has 0 fully saturated rings. The van der Waals surface area contributed by atoms with Crippen molar-refractivity contribution in [1.29, 1.82) is 0 Å². The molecule has 0 unspecified atom stereocenters. The molecule has 0 aliphatic heterocycles. The molecule has 0 rings (SSSR count). The lowest BCUT2D eigenvalue weighted by Gasteiger charge is -2.17. The Balaban J connectivity index is 3.70. The van der Waals surface area contributed by atoms with Gasteiger partial charge in [-0.1, -0.05) is 0 Å². The summed E-state index contributed by atoms with van der Waals surface area (Å²) in [5, 5.41) is 2.89. The summed E-state index contributed by atoms with van der Waals surface area (Å²) < 4.78 is 9.85. The van der Waals surface area contributed by atoms with Gasteiger partial charge in [0.2, 0.25) is 0 Å². The summed E-state index contributed by atoms with van der Waals surface area (Å²) in [4.78, 5) is 0. The third-order valence-corrected chi connectivity index (χ3v) is 3.92. The molecule has 0 heterocycles. The van der Waals surface area contributed by atoms with Gasteiger partial charge in [0.05, 0.1) is 0 Å². The molecule has 10 heavy (non-hydrogen) atoms. The van der Waals surface area contributed by atoms with Gasteiger partial charge in [-0.15, -0.1) is 11.6 Å². The molecule has 0 saturated heterocycles. The van der Waals surface area contributed by atoms with Gasteiger partial charge in [0, 0.05) is 26.6 Å². The van der Waals surface area contributed by atoms with Crippen molar-refractivity contribution in [3.63, 3.8) is 0 Å². The van der Waals surface area contributed by atoms with Crippen molar-refractivity contribution in [2.75, 3.05) is 26.6 Å². The van der Waals surface area contributed by atoms with Crippen LogP contribution < -0.4 is 5.09 Å². The Morgan fingerprint density at radius 2 is 2.00 bits per heavy atom. The zero-order valence-corrected chi connectivity index (χ0v) is 8.43. The first-order valence-corrected chi connectivity index (χ1v) is 5.88. The third-order valence-electron chi connectivity index (χ3n) is 0.881. The van der Waals surface area contributed by atoms with Crippen molar-refractivity contribution < 1.29 is 9.05 Å². The Kier molecular flexibility index (Phi) is 5.92. The molecule has 0 aromatic heterocycles. The zero-order chi connectivity index (χ0) is 8.04. The summed E-state index contributed by atoms with van der Waals surface area (Å²) in [6.07, 6.45) is 0. The van der Waals surface area contributed by atoms with Crippen molar-refractivity contribution >= 4 is 30.1 Å². The van der Waals surface area contributed by atoms with Crippen LogP contribution in [0.3, 0.4) is 0 Å². The smallest absolute Gasteiger partial charge is 0.260 e. The molecule has 0 bridgehead atoms. The average molecular weight is 204 g/mol. The Labute approximate surface area is 71.3 Å². The van der Waals surface area contributed by atoms with E-state index in [-0.39, 0.29) is 0 Å². The van der Waals surface area contributed by atoms with Crippen LogP contribution in [-0.4, -0.2) is 26.6 Å². The molecule has 0 aromatic rings. The molecule has 0 amide bonds. The highest BCUT2D eigenvalue weighted by Gasteiger charge is 2.12. The molecule has 0 atom stereocenters. The first-order valence-electron chi connectivity index (χ1n) is 2.71. The highest BCUT2D eigenvalue weighted by molar-refractivity contribution is 8.08. The Hall–Kier alpha value is 0.820. The minimum absolute atomic E-state index is 0.505. The maximum atomic E-state index is 5.42. The molecular weight excluding hydrogens is 193 g/mol. The van der Waals surface area contributed by atoms with Gasteiger partial charge in [0.25, 0.3) is 6.64 Å². The Morgan fingerprint density at radius 1 is 1.50 bits per heavy atom. The molecule has 0 radical (unpaired) electrons. The summed E-state index contributed by atoms with van der Waals surface area (Å²) in [7, 11) is 3.04. The SMILES string of the molecule is COP(=S)(NCCCl)OC. The van der Waals surface area contributed by atoms with E-state index in [4.69, 9.17) is 32.5 Å². The van der Waals surface area contributed by atoms with E-state index >= 15 is 0 Å². The van der Waals surface area contributed by atoms with Crippen LogP contribution in [0.1, 0.15) is 0 Å². The zero-order valence-electron chi connectivity index (χ0n) is 5.96. The van der Waals surface area contributed by atoms with E-state index in [0.29, 0.717) is 12.4 Å². The minimum atomic E-state index is -2.20. The Morgan fingerprint density at radius 3 is 2.30 bits per heavy atom. The molecular formula is C4H11ClNO2PS. The van der Waals surface area contributed by atoms with Crippen LogP contribution in [0, 0.1) is 0 Å². The summed E-state index contributed by atoms with van der Waals surface area (Å²) >= 11 is 10.4. The fraction of sp³-hybridized carbons (Fsp3) is 1.00. The van der Waals surface area contributed by atoms with Gasteiger partial charge in [-0.25, -0.2) is 5.09 Å². The number of rotatable bonds is 5. The molecule has 0 spiro atoms. The maximum absolute atomic E-state index is 5.42. The molecule has 0 aliphatic rings. The van der Waals surface area contributed by atoms with Gasteiger partial charge in [-0.05, 0) is 11.8 Å². The van der Waals surface area contributed by atoms with Crippen LogP contribution in [0.5, 0.6) is 0 Å². The number of hydrogen-bond donors (Lipinski definition) is 1. The quantitative estimate of drug-likeness (QED) is 0.540. The van der Waals surface area contributed by atoms with Gasteiger partial charge in [0.15, 0.2) is 0 Å². The second-order valence-electron chi connectivity index (χ2n) is 1.46. The molecule has 0 saturated carbocycles. The van der Waals surface area contributed by atoms with Crippen LogP contribution in [0.4, 0.5) is 0 Å². The molecule has 1 N–H and O–H groups in total. The molecule has 0 aromatic carbocycles. The lowest BCUT2D eigenvalue weighted by Crippen LogP contribution is -2.14. The summed E-state index contributed by atoms with van der Waals surface area (Å²) in [6.45, 7) is -1.59. The lowest BCUT2D eigenvalue weighted by molar-refractivity contribution is 0.327. The van der Waals surface area contributed by atoms with Crippen molar-refractivity contribution in [2.45, 2.75) is 0 Å². The second-order valence-corrected chi connectivity index (χ2v) is 5.32. The van der Waals surface area contributed by atoms with Crippen molar-refractivity contribution in [3.8, 4) is 0 Å². The first kappa shape index (κ1) is 10.8. The fourth-order valence-corrected chi connectivity index (χ4v) is 1.68. The molecule has 3 nitrogen and oxygen atoms in total. The number of halogens is 1. The van der Waals surface area contributed by atoms with Crippen LogP contribution >= 0.6 is 18.2 Å². The normalized spacial score (nSPS) is 11.9. The van der Waals surface area contributed by atoms with Crippen molar-refractivity contribution in [1.82, 2.24) is 5.09 Å². The predicted octanol–water partition coefficient (Wildman–Crippen LogP) is 1.33. The Bertz CT molecular complexity index is 126. The van der Waals surface area contributed by atoms with E-state index in [2.05, 4.69) is 5.09 Å². The lowest BCUT2D eigenvalue weighted by atomic mass is 10.8. The highest BCUT2D eigenvalue weighted by Crippen LogP contribution is 2.41. The van der Waals surface area contributed by atoms with Crippen LogP contribution in [0.15, 0.2) is 0 Å². The van der Waals surface area contributed by atoms with Crippen LogP contribution in [-0.2, 0) is 20.9 Å². The number of nitrogens with one attached hydrogen (secondary N) is 1. The van der Waals surface area contributed by atoms with Gasteiger partial charge >= 0.3 is 0 Å². The fourth-order valence-electron chi connectivity index (χ4n) is 0.383. The van der Waals surface area contributed by atoms with Crippen molar-refractivity contribution in [2.24, 2.45) is 0 Å². The van der Waals surface area contributed by atoms with Crippen LogP contribution in [0.2, 0.25) is 0 Å². The van der Waals surface area contributed by atoms with Gasteiger partial charge < -0.3 is 9.05 Å². The van der Waals surface area contributed by atoms with E-state index in [1.165, 1.54) is 14.2 Å². The number of alkyl halides is 1. The average Bonchev–Trinajstić information content (AvgIpc) is 2.00. The van der Waals surface area contributed by atoms with Gasteiger partial charge in [-0.2, -0.15) is 0 Å². The second kappa shape index (κ2) is 5.47. The molecule has 0 aliphatic carbocycles. The monoisotopic (exact) mass is 203 g/mol. The summed E-state index contributed by atoms with van der Waals surface area (Å²) in [5.41, 5.74) is 0. The topological polar surface area (TPSA) is 30.5 Å². The van der Waals surface area contributed by atoms with E-state index in [9.17, 15) is 0 Å². The predicted molar refractivity (Wildman–Crippen MR) is 47.0 cm³/mol. The van der Waals surface area contributed by atoms with E-state index in [0.717, 1.165) is 0 Å². The summed E-state index contributed by atoms with van der Waals surface area (Å²) in [6, 6.07) is 0. The number of hydrogen-bond acceptors (Lipinski definition) is 3. The molecule has 6 heteroatoms. The van der Waals surface area contributed by atoms with E-state index in [1.54, 1.807) is 0 Å². The largest absolute Gasteiger partial charge is 0.321 e. The molecule has 62 valence electrons. The van der Waals surface area contributed by atoms with Crippen LogP contribution in [0.25, 0.3) is 0 Å². The van der Waals surface area contributed by atoms with Crippen molar-refractivity contribution in [3.05, 3.63) is 0 Å². The maximum Gasteiger partial charge on any atom is 0.260 e. The first-order chi connectivity index (χ1) is 4.68. The van der Waals surface area contributed by atoms with Gasteiger partial charge in [-0.3, -0.25) is 0 Å². The summed E-state index contributed by atoms with van der Waals surface area (Å²) in [5.74, 6) is 0.505. The minimum Gasteiger partial charge on any atom is -0.321 e. The standard InChI is InChI=1S/C4H11ClNO2PS/c1-7-9(10,8-2)6-4-3-5/h3-4H2,1-2H3,(H,6,10). The highest BCUT2D eigenvalue weighted by atomic mass is 35.5. The third kappa shape index (κ3) is 3.86. The van der Waals surface area contributed by atoms with Gasteiger partial charge in [0.1, 0.15) is 0 Å².